The molecule has 2 heterocycles. The smallest absolute Gasteiger partial charge is 0.252 e. The number of amides is 1. The average molecular weight is 372 g/mol. The van der Waals surface area contributed by atoms with Gasteiger partial charge in [-0.3, -0.25) is 4.79 Å². The Morgan fingerprint density at radius 2 is 1.81 bits per heavy atom. The number of hydrogen-bond acceptors (Lipinski definition) is 3. The van der Waals surface area contributed by atoms with Crippen molar-refractivity contribution in [1.29, 1.82) is 0 Å². The number of hydrogen-bond donors (Lipinski definition) is 1. The topological polar surface area (TPSA) is 42.0 Å². The largest absolute Gasteiger partial charge is 0.344 e. The van der Waals surface area contributed by atoms with Crippen molar-refractivity contribution >= 4 is 28.1 Å². The number of nitrogens with one attached hydrogen (secondary N) is 1. The number of para-hydroxylation sites is 1. The molecule has 4 heteroatoms. The zero-order chi connectivity index (χ0) is 18.6. The predicted octanol–water partition coefficient (Wildman–Crippen LogP) is 5.84. The summed E-state index contributed by atoms with van der Waals surface area (Å²) < 4.78 is 0. The monoisotopic (exact) mass is 372 g/mol. The quantitative estimate of drug-likeness (QED) is 0.478. The molecule has 0 aliphatic rings. The number of benzene rings is 2. The minimum Gasteiger partial charge on any atom is -0.344 e. The maximum Gasteiger partial charge on any atom is 0.252 e. The summed E-state index contributed by atoms with van der Waals surface area (Å²) in [6.45, 7) is 2.09. The molecule has 2 aromatic carbocycles. The maximum atomic E-state index is 13.2. The van der Waals surface area contributed by atoms with Crippen LogP contribution in [0.1, 0.15) is 34.6 Å². The summed E-state index contributed by atoms with van der Waals surface area (Å²) in [5, 5.41) is 6.11. The predicted molar refractivity (Wildman–Crippen MR) is 112 cm³/mol. The summed E-state index contributed by atoms with van der Waals surface area (Å²) in [5.41, 5.74) is 3.30. The first-order valence-electron chi connectivity index (χ1n) is 9.05. The number of aromatic nitrogens is 1. The molecule has 0 aliphatic carbocycles. The lowest BCUT2D eigenvalue weighted by molar-refractivity contribution is 0.0938. The first kappa shape index (κ1) is 17.4. The number of carbonyl (C=O) groups is 1. The van der Waals surface area contributed by atoms with Crippen LogP contribution in [0.25, 0.3) is 22.2 Å². The van der Waals surface area contributed by atoms with Crippen LogP contribution < -0.4 is 5.32 Å². The highest BCUT2D eigenvalue weighted by molar-refractivity contribution is 7.10. The minimum absolute atomic E-state index is 0.0182. The number of rotatable bonds is 5. The van der Waals surface area contributed by atoms with Crippen molar-refractivity contribution in [3.8, 4) is 11.3 Å². The first-order chi connectivity index (χ1) is 13.3. The highest BCUT2D eigenvalue weighted by Gasteiger charge is 2.18. The molecule has 1 amide bonds. The van der Waals surface area contributed by atoms with E-state index in [2.05, 4.69) is 18.3 Å². The summed E-state index contributed by atoms with van der Waals surface area (Å²) in [7, 11) is 0. The Labute approximate surface area is 162 Å². The van der Waals surface area contributed by atoms with Crippen molar-refractivity contribution in [1.82, 2.24) is 10.3 Å². The number of carbonyl (C=O) groups excluding carboxylic acids is 1. The first-order valence-corrected chi connectivity index (χ1v) is 9.93. The Morgan fingerprint density at radius 1 is 1.04 bits per heavy atom. The molecule has 134 valence electrons. The van der Waals surface area contributed by atoms with Gasteiger partial charge in [0.15, 0.2) is 0 Å². The molecule has 27 heavy (non-hydrogen) atoms. The van der Waals surface area contributed by atoms with Crippen molar-refractivity contribution in [2.24, 2.45) is 0 Å². The van der Waals surface area contributed by atoms with Gasteiger partial charge in [-0.05, 0) is 30.0 Å². The molecule has 0 aliphatic heterocycles. The lowest BCUT2D eigenvalue weighted by Gasteiger charge is -2.17. The van der Waals surface area contributed by atoms with E-state index in [4.69, 9.17) is 4.98 Å². The summed E-state index contributed by atoms with van der Waals surface area (Å²) >= 11 is 1.67. The van der Waals surface area contributed by atoms with E-state index in [1.165, 1.54) is 4.88 Å². The van der Waals surface area contributed by atoms with Crippen LogP contribution in [0.4, 0.5) is 0 Å². The van der Waals surface area contributed by atoms with E-state index in [9.17, 15) is 4.79 Å². The number of thiophene rings is 1. The highest BCUT2D eigenvalue weighted by Crippen LogP contribution is 2.27. The van der Waals surface area contributed by atoms with Gasteiger partial charge in [-0.2, -0.15) is 0 Å². The van der Waals surface area contributed by atoms with E-state index in [1.54, 1.807) is 11.3 Å². The lowest BCUT2D eigenvalue weighted by atomic mass is 10.0. The zero-order valence-corrected chi connectivity index (χ0v) is 15.9. The van der Waals surface area contributed by atoms with E-state index in [0.717, 1.165) is 28.6 Å². The van der Waals surface area contributed by atoms with Gasteiger partial charge in [0.1, 0.15) is 0 Å². The molecule has 0 unspecified atom stereocenters. The van der Waals surface area contributed by atoms with Crippen molar-refractivity contribution in [2.45, 2.75) is 19.4 Å². The highest BCUT2D eigenvalue weighted by atomic mass is 32.1. The van der Waals surface area contributed by atoms with Gasteiger partial charge in [0.05, 0.1) is 22.8 Å². The Kier molecular flexibility index (Phi) is 4.99. The Bertz CT molecular complexity index is 1060. The van der Waals surface area contributed by atoms with Gasteiger partial charge in [0.2, 0.25) is 0 Å². The zero-order valence-electron chi connectivity index (χ0n) is 15.1. The van der Waals surface area contributed by atoms with Crippen LogP contribution in [0.5, 0.6) is 0 Å². The van der Waals surface area contributed by atoms with Crippen LogP contribution in [-0.2, 0) is 0 Å². The van der Waals surface area contributed by atoms with Crippen LogP contribution in [0.2, 0.25) is 0 Å². The van der Waals surface area contributed by atoms with Crippen LogP contribution in [0.15, 0.2) is 78.2 Å². The maximum absolute atomic E-state index is 13.2. The second-order valence-electron chi connectivity index (χ2n) is 6.39. The van der Waals surface area contributed by atoms with Gasteiger partial charge in [0.25, 0.3) is 5.91 Å². The minimum atomic E-state index is -0.0639. The molecular weight excluding hydrogens is 352 g/mol. The van der Waals surface area contributed by atoms with Crippen LogP contribution >= 0.6 is 11.3 Å². The summed E-state index contributed by atoms with van der Waals surface area (Å²) in [5.74, 6) is -0.0639. The third-order valence-corrected chi connectivity index (χ3v) is 5.62. The average Bonchev–Trinajstić information content (AvgIpc) is 3.26. The van der Waals surface area contributed by atoms with Gasteiger partial charge in [0, 0.05) is 15.8 Å². The third kappa shape index (κ3) is 3.62. The van der Waals surface area contributed by atoms with E-state index in [0.29, 0.717) is 5.56 Å². The van der Waals surface area contributed by atoms with Crippen LogP contribution in [0, 0.1) is 0 Å². The van der Waals surface area contributed by atoms with E-state index >= 15 is 0 Å². The molecular formula is C23H20N2OS. The molecule has 2 aromatic heterocycles. The molecule has 4 aromatic rings. The number of pyridine rings is 1. The van der Waals surface area contributed by atoms with Crippen molar-refractivity contribution in [3.05, 3.63) is 88.6 Å². The fourth-order valence-electron chi connectivity index (χ4n) is 3.22. The number of fused-ring (bicyclic) bond motifs is 1. The van der Waals surface area contributed by atoms with Crippen molar-refractivity contribution < 1.29 is 4.79 Å². The normalized spacial score (nSPS) is 12.0. The number of nitrogens with zero attached hydrogens (tertiary/aromatic N) is 1. The molecule has 0 saturated carbocycles. The Hall–Kier alpha value is -2.98. The summed E-state index contributed by atoms with van der Waals surface area (Å²) in [6.07, 6.45) is 0.848. The standard InChI is InChI=1S/C23H20N2OS/c1-2-19(22-13-8-14-27-22)25-23(26)18-15-21(16-9-4-3-5-10-16)24-20-12-7-6-11-17(18)20/h3-15,19H,2H2,1H3,(H,25,26)/t19-/m1/s1. The second-order valence-corrected chi connectivity index (χ2v) is 7.37. The SMILES string of the molecule is CC[C@@H](NC(=O)c1cc(-c2ccccc2)nc2ccccc12)c1cccs1. The molecule has 4 rings (SSSR count). The molecule has 0 fully saturated rings. The van der Waals surface area contributed by atoms with Crippen LogP contribution in [0.3, 0.4) is 0 Å². The van der Waals surface area contributed by atoms with E-state index < -0.39 is 0 Å². The molecule has 0 bridgehead atoms. The Balaban J connectivity index is 1.76. The van der Waals surface area contributed by atoms with Gasteiger partial charge in [-0.25, -0.2) is 4.98 Å². The van der Waals surface area contributed by atoms with E-state index in [-0.39, 0.29) is 11.9 Å². The Morgan fingerprint density at radius 3 is 2.56 bits per heavy atom. The molecule has 1 atom stereocenters. The summed E-state index contributed by atoms with van der Waals surface area (Å²) in [4.78, 5) is 19.1. The van der Waals surface area contributed by atoms with Gasteiger partial charge < -0.3 is 5.32 Å². The van der Waals surface area contributed by atoms with Gasteiger partial charge in [-0.1, -0.05) is 61.5 Å². The van der Waals surface area contributed by atoms with Gasteiger partial charge in [-0.15, -0.1) is 11.3 Å². The van der Waals surface area contributed by atoms with E-state index in [1.807, 2.05) is 72.1 Å². The molecule has 0 spiro atoms. The van der Waals surface area contributed by atoms with Gasteiger partial charge >= 0.3 is 0 Å². The van der Waals surface area contributed by atoms with Crippen molar-refractivity contribution in [3.63, 3.8) is 0 Å². The van der Waals surface area contributed by atoms with Crippen LogP contribution in [-0.4, -0.2) is 10.9 Å². The molecule has 0 saturated heterocycles. The fourth-order valence-corrected chi connectivity index (χ4v) is 4.08. The fraction of sp³-hybridized carbons (Fsp3) is 0.130. The third-order valence-electron chi connectivity index (χ3n) is 4.63. The molecule has 1 N–H and O–H groups in total. The van der Waals surface area contributed by atoms with Crippen molar-refractivity contribution in [2.75, 3.05) is 0 Å². The summed E-state index contributed by atoms with van der Waals surface area (Å²) in [6, 6.07) is 23.8. The lowest BCUT2D eigenvalue weighted by Crippen LogP contribution is -2.28. The molecule has 0 radical (unpaired) electrons. The second kappa shape index (κ2) is 7.72. The molecule has 3 nitrogen and oxygen atoms in total.